The van der Waals surface area contributed by atoms with Gasteiger partial charge < -0.3 is 15.4 Å². The number of ether oxygens (including phenoxy) is 1. The van der Waals surface area contributed by atoms with Gasteiger partial charge in [0.25, 0.3) is 0 Å². The number of nitrogens with zero attached hydrogens (tertiary/aromatic N) is 3. The van der Waals surface area contributed by atoms with Crippen LogP contribution in [0.4, 0.5) is 11.6 Å². The van der Waals surface area contributed by atoms with Gasteiger partial charge in [0.15, 0.2) is 0 Å². The van der Waals surface area contributed by atoms with Gasteiger partial charge in [-0.05, 0) is 19.8 Å². The minimum atomic E-state index is 0.291. The SMILES string of the molecule is Cc1c(N)nc(C(C)C)nc1N1CC2CCC(C1)O2. The first kappa shape index (κ1) is 12.7. The first-order valence-electron chi connectivity index (χ1n) is 7.09. The molecule has 3 heterocycles. The third-order valence-electron chi connectivity index (χ3n) is 4.03. The Morgan fingerprint density at radius 3 is 2.42 bits per heavy atom. The van der Waals surface area contributed by atoms with Gasteiger partial charge in [-0.3, -0.25) is 0 Å². The molecule has 2 N–H and O–H groups in total. The van der Waals surface area contributed by atoms with Gasteiger partial charge in [0.2, 0.25) is 0 Å². The Balaban J connectivity index is 1.95. The lowest BCUT2D eigenvalue weighted by Crippen LogP contribution is -2.43. The van der Waals surface area contributed by atoms with Crippen LogP contribution in [-0.4, -0.2) is 35.3 Å². The summed E-state index contributed by atoms with van der Waals surface area (Å²) in [4.78, 5) is 11.4. The van der Waals surface area contributed by atoms with Crippen LogP contribution in [0.25, 0.3) is 0 Å². The lowest BCUT2D eigenvalue weighted by Gasteiger charge is -2.34. The zero-order valence-corrected chi connectivity index (χ0v) is 11.9. The van der Waals surface area contributed by atoms with E-state index in [4.69, 9.17) is 15.5 Å². The van der Waals surface area contributed by atoms with E-state index in [2.05, 4.69) is 23.7 Å². The number of fused-ring (bicyclic) bond motifs is 2. The van der Waals surface area contributed by atoms with Crippen LogP contribution in [0, 0.1) is 6.92 Å². The van der Waals surface area contributed by atoms with E-state index in [1.807, 2.05) is 6.92 Å². The summed E-state index contributed by atoms with van der Waals surface area (Å²) in [6.07, 6.45) is 3.05. The van der Waals surface area contributed by atoms with Crippen molar-refractivity contribution >= 4 is 11.6 Å². The van der Waals surface area contributed by atoms with Crippen LogP contribution in [0.5, 0.6) is 0 Å². The Bertz CT molecular complexity index is 477. The second kappa shape index (κ2) is 4.63. The quantitative estimate of drug-likeness (QED) is 0.881. The molecule has 2 fully saturated rings. The molecule has 0 aromatic carbocycles. The Morgan fingerprint density at radius 2 is 1.84 bits per heavy atom. The van der Waals surface area contributed by atoms with Crippen LogP contribution in [0.3, 0.4) is 0 Å². The second-order valence-corrected chi connectivity index (χ2v) is 5.93. The molecular formula is C14H22N4O. The maximum absolute atomic E-state index is 6.04. The standard InChI is InChI=1S/C14H22N4O/c1-8(2)13-16-12(15)9(3)14(17-13)18-6-10-4-5-11(7-18)19-10/h8,10-11H,4-7H2,1-3H3,(H2,15,16,17). The van der Waals surface area contributed by atoms with Crippen molar-refractivity contribution in [3.8, 4) is 0 Å². The van der Waals surface area contributed by atoms with Crippen molar-refractivity contribution in [2.24, 2.45) is 0 Å². The molecule has 2 atom stereocenters. The highest BCUT2D eigenvalue weighted by atomic mass is 16.5. The number of rotatable bonds is 2. The first-order valence-corrected chi connectivity index (χ1v) is 7.09. The van der Waals surface area contributed by atoms with Crippen molar-refractivity contribution in [1.29, 1.82) is 0 Å². The molecule has 19 heavy (non-hydrogen) atoms. The maximum atomic E-state index is 6.04. The normalized spacial score (nSPS) is 26.2. The molecule has 0 spiro atoms. The van der Waals surface area contributed by atoms with Crippen molar-refractivity contribution in [3.63, 3.8) is 0 Å². The van der Waals surface area contributed by atoms with Crippen LogP contribution in [0.1, 0.15) is 44.0 Å². The molecule has 0 saturated carbocycles. The zero-order chi connectivity index (χ0) is 13.6. The predicted molar refractivity (Wildman–Crippen MR) is 75.4 cm³/mol. The van der Waals surface area contributed by atoms with Crippen molar-refractivity contribution in [1.82, 2.24) is 9.97 Å². The summed E-state index contributed by atoms with van der Waals surface area (Å²) in [5, 5.41) is 0. The fraction of sp³-hybridized carbons (Fsp3) is 0.714. The summed E-state index contributed by atoms with van der Waals surface area (Å²) in [7, 11) is 0. The smallest absolute Gasteiger partial charge is 0.137 e. The van der Waals surface area contributed by atoms with E-state index in [9.17, 15) is 0 Å². The fourth-order valence-electron chi connectivity index (χ4n) is 2.89. The molecule has 2 saturated heterocycles. The molecular weight excluding hydrogens is 240 g/mol. The minimum Gasteiger partial charge on any atom is -0.383 e. The molecule has 0 aliphatic carbocycles. The van der Waals surface area contributed by atoms with Crippen LogP contribution in [0.15, 0.2) is 0 Å². The van der Waals surface area contributed by atoms with E-state index < -0.39 is 0 Å². The van der Waals surface area contributed by atoms with Crippen LogP contribution in [-0.2, 0) is 4.74 Å². The molecule has 104 valence electrons. The number of hydrogen-bond donors (Lipinski definition) is 1. The van der Waals surface area contributed by atoms with Crippen LogP contribution < -0.4 is 10.6 Å². The first-order chi connectivity index (χ1) is 9.04. The van der Waals surface area contributed by atoms with Gasteiger partial charge in [-0.1, -0.05) is 13.8 Å². The molecule has 2 bridgehead atoms. The van der Waals surface area contributed by atoms with Gasteiger partial charge in [-0.2, -0.15) is 0 Å². The molecule has 2 aliphatic rings. The van der Waals surface area contributed by atoms with Gasteiger partial charge in [0.05, 0.1) is 12.2 Å². The van der Waals surface area contributed by atoms with E-state index >= 15 is 0 Å². The lowest BCUT2D eigenvalue weighted by molar-refractivity contribution is 0.0301. The minimum absolute atomic E-state index is 0.291. The summed E-state index contributed by atoms with van der Waals surface area (Å²) in [5.41, 5.74) is 7.03. The Kier molecular flexibility index (Phi) is 3.09. The van der Waals surface area contributed by atoms with Crippen LogP contribution >= 0.6 is 0 Å². The topological polar surface area (TPSA) is 64.3 Å². The Morgan fingerprint density at radius 1 is 1.21 bits per heavy atom. The van der Waals surface area contributed by atoms with E-state index in [1.165, 1.54) is 0 Å². The van der Waals surface area contributed by atoms with Gasteiger partial charge in [-0.15, -0.1) is 0 Å². The summed E-state index contributed by atoms with van der Waals surface area (Å²) >= 11 is 0. The molecule has 5 heteroatoms. The number of morpholine rings is 1. The predicted octanol–water partition coefficient (Wildman–Crippen LogP) is 1.86. The monoisotopic (exact) mass is 262 g/mol. The average molecular weight is 262 g/mol. The third kappa shape index (κ3) is 2.27. The molecule has 1 aromatic rings. The van der Waals surface area contributed by atoms with Crippen molar-refractivity contribution in [2.75, 3.05) is 23.7 Å². The van der Waals surface area contributed by atoms with Gasteiger partial charge >= 0.3 is 0 Å². The third-order valence-corrected chi connectivity index (χ3v) is 4.03. The van der Waals surface area contributed by atoms with Crippen molar-refractivity contribution < 1.29 is 4.74 Å². The molecule has 2 unspecified atom stereocenters. The van der Waals surface area contributed by atoms with Gasteiger partial charge in [0.1, 0.15) is 17.5 Å². The number of hydrogen-bond acceptors (Lipinski definition) is 5. The largest absolute Gasteiger partial charge is 0.383 e. The zero-order valence-electron chi connectivity index (χ0n) is 11.9. The fourth-order valence-corrected chi connectivity index (χ4v) is 2.89. The average Bonchev–Trinajstić information content (AvgIpc) is 2.71. The molecule has 1 aromatic heterocycles. The van der Waals surface area contributed by atoms with E-state index in [0.717, 1.165) is 43.1 Å². The van der Waals surface area contributed by atoms with E-state index in [0.29, 0.717) is 23.9 Å². The Labute approximate surface area is 114 Å². The molecule has 0 amide bonds. The number of nitrogens with two attached hydrogens (primary N) is 1. The molecule has 5 nitrogen and oxygen atoms in total. The molecule has 3 rings (SSSR count). The van der Waals surface area contributed by atoms with E-state index in [-0.39, 0.29) is 0 Å². The second-order valence-electron chi connectivity index (χ2n) is 5.93. The number of nitrogen functional groups attached to an aromatic ring is 1. The summed E-state index contributed by atoms with van der Waals surface area (Å²) in [6, 6.07) is 0. The maximum Gasteiger partial charge on any atom is 0.137 e. The molecule has 0 radical (unpaired) electrons. The number of anilines is 2. The Hall–Kier alpha value is -1.36. The summed E-state index contributed by atoms with van der Waals surface area (Å²) < 4.78 is 5.88. The van der Waals surface area contributed by atoms with Gasteiger partial charge in [0, 0.05) is 24.6 Å². The molecule has 2 aliphatic heterocycles. The number of aromatic nitrogens is 2. The summed E-state index contributed by atoms with van der Waals surface area (Å²) in [6.45, 7) is 8.04. The highest BCUT2D eigenvalue weighted by Crippen LogP contribution is 2.32. The van der Waals surface area contributed by atoms with Crippen LogP contribution in [0.2, 0.25) is 0 Å². The van der Waals surface area contributed by atoms with Gasteiger partial charge in [-0.25, -0.2) is 9.97 Å². The highest BCUT2D eigenvalue weighted by Gasteiger charge is 2.35. The summed E-state index contributed by atoms with van der Waals surface area (Å²) in [5.74, 6) is 2.72. The van der Waals surface area contributed by atoms with Crippen molar-refractivity contribution in [2.45, 2.75) is 51.7 Å². The lowest BCUT2D eigenvalue weighted by atomic mass is 10.2. The highest BCUT2D eigenvalue weighted by molar-refractivity contribution is 5.57. The van der Waals surface area contributed by atoms with E-state index in [1.54, 1.807) is 0 Å². The van der Waals surface area contributed by atoms with Crippen molar-refractivity contribution in [3.05, 3.63) is 11.4 Å².